The molecule has 11 aromatic carbocycles. The second-order valence-corrected chi connectivity index (χ2v) is 17.0. The highest BCUT2D eigenvalue weighted by molar-refractivity contribution is 7.25. The van der Waals surface area contributed by atoms with E-state index in [1.165, 1.54) is 128 Å². The summed E-state index contributed by atoms with van der Waals surface area (Å²) in [7, 11) is 0. The maximum atomic E-state index is 2.44. The van der Waals surface area contributed by atoms with E-state index in [1.54, 1.807) is 0 Å². The molecule has 0 aliphatic heterocycles. The molecule has 0 N–H and O–H groups in total. The molecule has 248 valence electrons. The minimum atomic E-state index is 1.26. The Kier molecular flexibility index (Phi) is 5.75. The van der Waals surface area contributed by atoms with Gasteiger partial charge in [-0.25, -0.2) is 0 Å². The molecule has 0 spiro atoms. The summed E-state index contributed by atoms with van der Waals surface area (Å²) in [5.74, 6) is 0. The van der Waals surface area contributed by atoms with Gasteiger partial charge in [-0.1, -0.05) is 133 Å². The van der Waals surface area contributed by atoms with Crippen LogP contribution in [0.2, 0.25) is 0 Å². The molecule has 0 nitrogen and oxygen atoms in total. The fourth-order valence-electron chi connectivity index (χ4n) is 9.48. The van der Waals surface area contributed by atoms with Crippen LogP contribution in [-0.2, 0) is 0 Å². The molecule has 13 rings (SSSR count). The second kappa shape index (κ2) is 10.6. The smallest absolute Gasteiger partial charge is 0.0361 e. The minimum absolute atomic E-state index is 1.26. The number of benzene rings is 11. The molecular formula is C52H28S2. The summed E-state index contributed by atoms with van der Waals surface area (Å²) in [5.41, 5.74) is 6.42. The van der Waals surface area contributed by atoms with Gasteiger partial charge in [0.2, 0.25) is 0 Å². The quantitative estimate of drug-likeness (QED) is 0.160. The highest BCUT2D eigenvalue weighted by Gasteiger charge is 2.18. The summed E-state index contributed by atoms with van der Waals surface area (Å²) in [4.78, 5) is 1.32. The molecule has 0 atom stereocenters. The van der Waals surface area contributed by atoms with E-state index >= 15 is 0 Å². The van der Waals surface area contributed by atoms with Crippen LogP contribution in [0.4, 0.5) is 0 Å². The lowest BCUT2D eigenvalue weighted by Gasteiger charge is -2.16. The molecule has 0 saturated carbocycles. The first-order valence-electron chi connectivity index (χ1n) is 18.6. The number of thiophene rings is 2. The van der Waals surface area contributed by atoms with Crippen LogP contribution in [0.1, 0.15) is 0 Å². The van der Waals surface area contributed by atoms with Gasteiger partial charge in [0.25, 0.3) is 0 Å². The molecule has 2 aromatic heterocycles. The van der Waals surface area contributed by atoms with E-state index < -0.39 is 0 Å². The van der Waals surface area contributed by atoms with Crippen LogP contribution in [0.3, 0.4) is 0 Å². The molecule has 2 heterocycles. The van der Waals surface area contributed by atoms with Gasteiger partial charge in [0.05, 0.1) is 0 Å². The van der Waals surface area contributed by atoms with Crippen molar-refractivity contribution in [3.63, 3.8) is 0 Å². The molecule has 0 saturated heterocycles. The molecule has 0 aliphatic carbocycles. The summed E-state index contributed by atoms with van der Waals surface area (Å²) in [6, 6.07) is 64.3. The Hall–Kier alpha value is -6.32. The molecule has 54 heavy (non-hydrogen) atoms. The zero-order valence-electron chi connectivity index (χ0n) is 29.0. The van der Waals surface area contributed by atoms with Crippen LogP contribution in [0.15, 0.2) is 170 Å². The van der Waals surface area contributed by atoms with Gasteiger partial charge in [-0.3, -0.25) is 0 Å². The van der Waals surface area contributed by atoms with Crippen molar-refractivity contribution in [2.45, 2.75) is 0 Å². The van der Waals surface area contributed by atoms with Crippen molar-refractivity contribution in [3.8, 4) is 32.7 Å². The third-order valence-electron chi connectivity index (χ3n) is 12.0. The average Bonchev–Trinajstić information content (AvgIpc) is 3.83. The molecule has 0 radical (unpaired) electrons. The Labute approximate surface area is 318 Å². The summed E-state index contributed by atoms with van der Waals surface area (Å²) in [6.07, 6.45) is 0. The van der Waals surface area contributed by atoms with Crippen molar-refractivity contribution in [1.82, 2.24) is 0 Å². The standard InChI is InChI=1S/C52H28S2/c1-2-7-45-36(4-1)28-48(53-45)39-20-12-33-14-22-41-38(19-11-32-15-23-42(39)52(33)51(32)41)35-17-25-47-44(27-35)43-26-34(16-24-46(43)54-47)37-18-10-31-9-8-29-5-3-6-30-13-21-40(37)50(31)49(29)30/h1-28H. The largest absolute Gasteiger partial charge is 0.135 e. The first-order valence-corrected chi connectivity index (χ1v) is 20.2. The summed E-state index contributed by atoms with van der Waals surface area (Å²) in [6.45, 7) is 0. The number of hydrogen-bond acceptors (Lipinski definition) is 2. The Bertz CT molecular complexity index is 3620. The molecule has 13 aromatic rings. The SMILES string of the molecule is c1ccc2sc(-c3ccc4ccc5c(-c6ccc7sc8ccc(-c9ccc%10ccc%11cccc%12ccc9c%10c%11%12)cc8c7c6)ccc6ccc3c4c65)cc2c1. The van der Waals surface area contributed by atoms with Gasteiger partial charge in [-0.05, 0) is 134 Å². The third-order valence-corrected chi connectivity index (χ3v) is 14.3. The zero-order chi connectivity index (χ0) is 35.1. The van der Waals surface area contributed by atoms with Crippen molar-refractivity contribution in [1.29, 1.82) is 0 Å². The zero-order valence-corrected chi connectivity index (χ0v) is 30.6. The first-order chi connectivity index (χ1) is 26.7. The van der Waals surface area contributed by atoms with Crippen LogP contribution in [0.25, 0.3) is 128 Å². The lowest BCUT2D eigenvalue weighted by molar-refractivity contribution is 1.71. The Morgan fingerprint density at radius 3 is 1.31 bits per heavy atom. The maximum absolute atomic E-state index is 2.44. The van der Waals surface area contributed by atoms with Crippen LogP contribution in [-0.4, -0.2) is 0 Å². The monoisotopic (exact) mass is 716 g/mol. The van der Waals surface area contributed by atoms with E-state index in [9.17, 15) is 0 Å². The number of fused-ring (bicyclic) bond motifs is 4. The topological polar surface area (TPSA) is 0 Å². The second-order valence-electron chi connectivity index (χ2n) is 14.8. The Balaban J connectivity index is 0.994. The van der Waals surface area contributed by atoms with Crippen molar-refractivity contribution >= 4 is 118 Å². The summed E-state index contributed by atoms with van der Waals surface area (Å²) >= 11 is 3.78. The number of rotatable bonds is 3. The molecule has 0 aliphatic rings. The van der Waals surface area contributed by atoms with Crippen LogP contribution < -0.4 is 0 Å². The fourth-order valence-corrected chi connectivity index (χ4v) is 11.7. The van der Waals surface area contributed by atoms with E-state index in [2.05, 4.69) is 170 Å². The minimum Gasteiger partial charge on any atom is -0.135 e. The van der Waals surface area contributed by atoms with Crippen LogP contribution in [0.5, 0.6) is 0 Å². The molecule has 2 heteroatoms. The van der Waals surface area contributed by atoms with E-state index in [1.807, 2.05) is 22.7 Å². The van der Waals surface area contributed by atoms with Crippen LogP contribution in [0, 0.1) is 0 Å². The van der Waals surface area contributed by atoms with Gasteiger partial charge < -0.3 is 0 Å². The van der Waals surface area contributed by atoms with Gasteiger partial charge in [0, 0.05) is 29.7 Å². The van der Waals surface area contributed by atoms with Gasteiger partial charge in [0.1, 0.15) is 0 Å². The van der Waals surface area contributed by atoms with Crippen molar-refractivity contribution in [2.24, 2.45) is 0 Å². The lowest BCUT2D eigenvalue weighted by atomic mass is 9.88. The highest BCUT2D eigenvalue weighted by Crippen LogP contribution is 2.46. The first kappa shape index (κ1) is 29.2. The predicted molar refractivity (Wildman–Crippen MR) is 238 cm³/mol. The molecule has 0 unspecified atom stereocenters. The molecule has 0 amide bonds. The highest BCUT2D eigenvalue weighted by atomic mass is 32.1. The van der Waals surface area contributed by atoms with Crippen molar-refractivity contribution in [2.75, 3.05) is 0 Å². The van der Waals surface area contributed by atoms with E-state index in [-0.39, 0.29) is 0 Å². The van der Waals surface area contributed by atoms with Gasteiger partial charge >= 0.3 is 0 Å². The van der Waals surface area contributed by atoms with Crippen LogP contribution >= 0.6 is 22.7 Å². The predicted octanol–water partition coefficient (Wildman–Crippen LogP) is 16.1. The Morgan fingerprint density at radius 2 is 0.722 bits per heavy atom. The molecule has 0 fully saturated rings. The third kappa shape index (κ3) is 3.96. The van der Waals surface area contributed by atoms with E-state index in [4.69, 9.17) is 0 Å². The van der Waals surface area contributed by atoms with Gasteiger partial charge in [-0.2, -0.15) is 0 Å². The Morgan fingerprint density at radius 1 is 0.259 bits per heavy atom. The number of hydrogen-bond donors (Lipinski definition) is 0. The lowest BCUT2D eigenvalue weighted by Crippen LogP contribution is -1.89. The molecule has 0 bridgehead atoms. The van der Waals surface area contributed by atoms with Gasteiger partial charge in [0.15, 0.2) is 0 Å². The summed E-state index contributed by atoms with van der Waals surface area (Å²) < 4.78 is 3.99. The summed E-state index contributed by atoms with van der Waals surface area (Å²) in [5, 5.41) is 19.9. The maximum Gasteiger partial charge on any atom is 0.0361 e. The fraction of sp³-hybridized carbons (Fsp3) is 0. The van der Waals surface area contributed by atoms with Crippen molar-refractivity contribution in [3.05, 3.63) is 170 Å². The normalized spacial score (nSPS) is 12.4. The van der Waals surface area contributed by atoms with Gasteiger partial charge in [-0.15, -0.1) is 22.7 Å². The van der Waals surface area contributed by atoms with E-state index in [0.717, 1.165) is 0 Å². The van der Waals surface area contributed by atoms with E-state index in [0.29, 0.717) is 0 Å². The molecular weight excluding hydrogens is 689 g/mol. The average molecular weight is 717 g/mol. The van der Waals surface area contributed by atoms with Crippen molar-refractivity contribution < 1.29 is 0 Å².